The molecular formula is C18H15ClN2O5. The molecule has 0 spiro atoms. The predicted molar refractivity (Wildman–Crippen MR) is 97.8 cm³/mol. The van der Waals surface area contributed by atoms with Crippen molar-refractivity contribution in [2.45, 2.75) is 13.0 Å². The van der Waals surface area contributed by atoms with Gasteiger partial charge in [0.1, 0.15) is 0 Å². The Morgan fingerprint density at radius 1 is 1.23 bits per heavy atom. The molecule has 0 aliphatic rings. The Bertz CT molecular complexity index is 849. The second-order valence-electron chi connectivity index (χ2n) is 5.26. The van der Waals surface area contributed by atoms with E-state index in [0.29, 0.717) is 10.7 Å². The van der Waals surface area contributed by atoms with Crippen molar-refractivity contribution in [3.8, 4) is 0 Å². The van der Waals surface area contributed by atoms with Crippen molar-refractivity contribution < 1.29 is 19.2 Å². The van der Waals surface area contributed by atoms with Gasteiger partial charge in [-0.25, -0.2) is 4.79 Å². The van der Waals surface area contributed by atoms with Gasteiger partial charge in [0.25, 0.3) is 11.6 Å². The van der Waals surface area contributed by atoms with Crippen molar-refractivity contribution >= 4 is 40.9 Å². The van der Waals surface area contributed by atoms with Crippen LogP contribution in [0.4, 0.5) is 11.4 Å². The third-order valence-corrected chi connectivity index (χ3v) is 3.50. The van der Waals surface area contributed by atoms with Gasteiger partial charge in [-0.2, -0.15) is 0 Å². The van der Waals surface area contributed by atoms with Gasteiger partial charge >= 0.3 is 5.97 Å². The van der Waals surface area contributed by atoms with E-state index in [1.165, 1.54) is 43.3 Å². The zero-order chi connectivity index (χ0) is 19.1. The number of nitrogens with zero attached hydrogens (tertiary/aromatic N) is 1. The molecule has 0 fully saturated rings. The van der Waals surface area contributed by atoms with Crippen molar-refractivity contribution in [3.63, 3.8) is 0 Å². The van der Waals surface area contributed by atoms with Crippen molar-refractivity contribution in [1.82, 2.24) is 0 Å². The van der Waals surface area contributed by atoms with Crippen molar-refractivity contribution in [3.05, 3.63) is 75.3 Å². The lowest BCUT2D eigenvalue weighted by Crippen LogP contribution is -2.29. The van der Waals surface area contributed by atoms with Crippen LogP contribution in [0.25, 0.3) is 6.08 Å². The Hall–Kier alpha value is -3.19. The summed E-state index contributed by atoms with van der Waals surface area (Å²) in [5.41, 5.74) is 0.990. The number of rotatable bonds is 6. The van der Waals surface area contributed by atoms with E-state index in [9.17, 15) is 19.7 Å². The van der Waals surface area contributed by atoms with E-state index in [1.54, 1.807) is 24.3 Å². The number of non-ortho nitro benzene ring substituents is 1. The topological polar surface area (TPSA) is 98.5 Å². The highest BCUT2D eigenvalue weighted by atomic mass is 35.5. The highest BCUT2D eigenvalue weighted by Gasteiger charge is 2.17. The van der Waals surface area contributed by atoms with Crippen LogP contribution in [-0.4, -0.2) is 22.9 Å². The molecule has 7 nitrogen and oxygen atoms in total. The maximum atomic E-state index is 12.0. The minimum atomic E-state index is -1.04. The first-order chi connectivity index (χ1) is 12.3. The van der Waals surface area contributed by atoms with E-state index in [0.717, 1.165) is 5.56 Å². The first-order valence-corrected chi connectivity index (χ1v) is 7.92. The van der Waals surface area contributed by atoms with Crippen LogP contribution < -0.4 is 5.32 Å². The van der Waals surface area contributed by atoms with Gasteiger partial charge in [-0.1, -0.05) is 23.7 Å². The summed E-state index contributed by atoms with van der Waals surface area (Å²) >= 11 is 5.85. The first-order valence-electron chi connectivity index (χ1n) is 7.55. The maximum Gasteiger partial charge on any atom is 0.331 e. The molecule has 2 aromatic rings. The molecule has 0 aromatic heterocycles. The quantitative estimate of drug-likeness (QED) is 0.358. The zero-order valence-electron chi connectivity index (χ0n) is 13.7. The molecule has 2 rings (SSSR count). The minimum absolute atomic E-state index is 0.0892. The third-order valence-electron chi connectivity index (χ3n) is 3.27. The molecule has 26 heavy (non-hydrogen) atoms. The van der Waals surface area contributed by atoms with E-state index < -0.39 is 22.9 Å². The molecule has 0 radical (unpaired) electrons. The lowest BCUT2D eigenvalue weighted by molar-refractivity contribution is -0.384. The summed E-state index contributed by atoms with van der Waals surface area (Å²) in [6.07, 6.45) is 1.68. The fourth-order valence-corrected chi connectivity index (χ4v) is 2.15. The summed E-state index contributed by atoms with van der Waals surface area (Å²) in [5, 5.41) is 13.6. The molecule has 0 saturated carbocycles. The van der Waals surface area contributed by atoms with Crippen molar-refractivity contribution in [2.24, 2.45) is 0 Å². The number of carbonyl (C=O) groups excluding carboxylic acids is 2. The molecule has 1 unspecified atom stereocenters. The average Bonchev–Trinajstić information content (AvgIpc) is 2.60. The number of anilines is 1. The number of nitro groups is 1. The summed E-state index contributed by atoms with van der Waals surface area (Å²) in [6.45, 7) is 1.42. The lowest BCUT2D eigenvalue weighted by Gasteiger charge is -2.12. The molecular weight excluding hydrogens is 360 g/mol. The zero-order valence-corrected chi connectivity index (χ0v) is 14.5. The SMILES string of the molecule is CC(OC(=O)/C=C/c1cccc(Cl)c1)C(=O)Nc1ccc([N+](=O)[O-])cc1. The number of nitro benzene ring substituents is 1. The molecule has 2 aromatic carbocycles. The Morgan fingerprint density at radius 3 is 2.54 bits per heavy atom. The number of benzene rings is 2. The van der Waals surface area contributed by atoms with Gasteiger partial charge in [0.15, 0.2) is 6.10 Å². The number of amides is 1. The number of carbonyl (C=O) groups is 2. The summed E-state index contributed by atoms with van der Waals surface area (Å²) < 4.78 is 5.02. The standard InChI is InChI=1S/C18H15ClN2O5/c1-12(18(23)20-15-6-8-16(9-7-15)21(24)25)26-17(22)10-5-13-3-2-4-14(19)11-13/h2-12H,1H3,(H,20,23)/b10-5+. The highest BCUT2D eigenvalue weighted by Crippen LogP contribution is 2.16. The van der Waals surface area contributed by atoms with E-state index in [4.69, 9.17) is 16.3 Å². The van der Waals surface area contributed by atoms with E-state index >= 15 is 0 Å². The number of halogens is 1. The van der Waals surface area contributed by atoms with Crippen molar-refractivity contribution in [2.75, 3.05) is 5.32 Å². The van der Waals surface area contributed by atoms with Gasteiger partial charge in [0, 0.05) is 28.9 Å². The molecule has 0 aliphatic heterocycles. The average molecular weight is 375 g/mol. The van der Waals surface area contributed by atoms with Crippen LogP contribution in [0.15, 0.2) is 54.6 Å². The number of hydrogen-bond acceptors (Lipinski definition) is 5. The molecule has 1 atom stereocenters. The van der Waals surface area contributed by atoms with Crippen LogP contribution in [0.2, 0.25) is 5.02 Å². The Labute approximate surface area is 154 Å². The minimum Gasteiger partial charge on any atom is -0.449 e. The molecule has 0 heterocycles. The molecule has 134 valence electrons. The third kappa shape index (κ3) is 5.71. The fraction of sp³-hybridized carbons (Fsp3) is 0.111. The molecule has 8 heteroatoms. The Kier molecular flexibility index (Phi) is 6.46. The van der Waals surface area contributed by atoms with Gasteiger partial charge in [-0.3, -0.25) is 14.9 Å². The lowest BCUT2D eigenvalue weighted by atomic mass is 10.2. The largest absolute Gasteiger partial charge is 0.449 e. The number of nitrogens with one attached hydrogen (secondary N) is 1. The van der Waals surface area contributed by atoms with Crippen LogP contribution in [0.1, 0.15) is 12.5 Å². The Balaban J connectivity index is 1.89. The van der Waals surface area contributed by atoms with Crippen LogP contribution in [0, 0.1) is 10.1 Å². The normalized spacial score (nSPS) is 11.8. The number of esters is 1. The predicted octanol–water partition coefficient (Wildman–Crippen LogP) is 3.83. The van der Waals surface area contributed by atoms with Gasteiger partial charge in [0.05, 0.1) is 4.92 Å². The summed E-state index contributed by atoms with van der Waals surface area (Å²) in [7, 11) is 0. The second kappa shape index (κ2) is 8.77. The molecule has 1 N–H and O–H groups in total. The molecule has 0 bridgehead atoms. The number of hydrogen-bond donors (Lipinski definition) is 1. The smallest absolute Gasteiger partial charge is 0.331 e. The van der Waals surface area contributed by atoms with E-state index in [-0.39, 0.29) is 5.69 Å². The van der Waals surface area contributed by atoms with Gasteiger partial charge in [-0.15, -0.1) is 0 Å². The highest BCUT2D eigenvalue weighted by molar-refractivity contribution is 6.30. The summed E-state index contributed by atoms with van der Waals surface area (Å²) in [5.74, 6) is -1.24. The monoisotopic (exact) mass is 374 g/mol. The molecule has 1 amide bonds. The van der Waals surface area contributed by atoms with Crippen LogP contribution in [-0.2, 0) is 14.3 Å². The fourth-order valence-electron chi connectivity index (χ4n) is 1.95. The summed E-state index contributed by atoms with van der Waals surface area (Å²) in [6, 6.07) is 12.2. The van der Waals surface area contributed by atoms with Crippen molar-refractivity contribution in [1.29, 1.82) is 0 Å². The Morgan fingerprint density at radius 2 is 1.92 bits per heavy atom. The van der Waals surface area contributed by atoms with Crippen LogP contribution in [0.3, 0.4) is 0 Å². The molecule has 0 saturated heterocycles. The summed E-state index contributed by atoms with van der Waals surface area (Å²) in [4.78, 5) is 33.9. The van der Waals surface area contributed by atoms with Gasteiger partial charge in [-0.05, 0) is 42.8 Å². The molecule has 0 aliphatic carbocycles. The van der Waals surface area contributed by atoms with Crippen LogP contribution >= 0.6 is 11.6 Å². The number of ether oxygens (including phenoxy) is 1. The second-order valence-corrected chi connectivity index (χ2v) is 5.70. The van der Waals surface area contributed by atoms with E-state index in [1.807, 2.05) is 0 Å². The van der Waals surface area contributed by atoms with Gasteiger partial charge in [0.2, 0.25) is 0 Å². The maximum absolute atomic E-state index is 12.0. The van der Waals surface area contributed by atoms with Gasteiger partial charge < -0.3 is 10.1 Å². The van der Waals surface area contributed by atoms with Crippen LogP contribution in [0.5, 0.6) is 0 Å². The van der Waals surface area contributed by atoms with E-state index in [2.05, 4.69) is 5.32 Å². The first kappa shape index (κ1) is 19.1.